The summed E-state index contributed by atoms with van der Waals surface area (Å²) in [6.45, 7) is 2.20. The zero-order valence-electron chi connectivity index (χ0n) is 21.5. The fourth-order valence-corrected chi connectivity index (χ4v) is 5.98. The average Bonchev–Trinajstić information content (AvgIpc) is 3.67. The van der Waals surface area contributed by atoms with E-state index in [1.54, 1.807) is 12.1 Å². The lowest BCUT2D eigenvalue weighted by atomic mass is 10.1. The first-order valence-corrected chi connectivity index (χ1v) is 15.2. The smallest absolute Gasteiger partial charge is 0.325 e. The van der Waals surface area contributed by atoms with Gasteiger partial charge in [-0.2, -0.15) is 0 Å². The summed E-state index contributed by atoms with van der Waals surface area (Å²) in [5.74, 6) is 0.108. The molecular weight excluding hydrogens is 532 g/mol. The van der Waals surface area contributed by atoms with Gasteiger partial charge in [0.2, 0.25) is 0 Å². The number of sulfone groups is 1. The van der Waals surface area contributed by atoms with Crippen LogP contribution in [0.5, 0.6) is 0 Å². The average molecular weight is 561 g/mol. The molecule has 0 radical (unpaired) electrons. The highest BCUT2D eigenvalue weighted by molar-refractivity contribution is 7.90. The molecule has 5 rings (SSSR count). The Bertz CT molecular complexity index is 1640. The standard InChI is InChI=1S/C29H28N4O4S2/c1-18-8-9-22(20-10-11-20)16-24(18)33(28(30)35)29-32-25(21-12-14-23(15-13-21)39(2,36)37)26(38-29)27(34)31-17-19-6-4-3-5-7-19/h3-9,12-16,20H,10-11,17H2,1-2H3,(H2,30,35)(H,31,34). The van der Waals surface area contributed by atoms with Crippen molar-refractivity contribution in [2.45, 2.75) is 37.1 Å². The first-order chi connectivity index (χ1) is 18.6. The Kier molecular flexibility index (Phi) is 7.24. The fraction of sp³-hybridized carbons (Fsp3) is 0.207. The van der Waals surface area contributed by atoms with Crippen molar-refractivity contribution in [3.05, 3.63) is 94.4 Å². The maximum Gasteiger partial charge on any atom is 0.325 e. The van der Waals surface area contributed by atoms with Crippen LogP contribution >= 0.6 is 11.3 Å². The van der Waals surface area contributed by atoms with Gasteiger partial charge in [0.1, 0.15) is 4.88 Å². The third kappa shape index (κ3) is 5.86. The molecule has 1 saturated carbocycles. The van der Waals surface area contributed by atoms with Crippen molar-refractivity contribution < 1.29 is 18.0 Å². The van der Waals surface area contributed by atoms with Gasteiger partial charge in [0.05, 0.1) is 16.3 Å². The minimum Gasteiger partial charge on any atom is -0.351 e. The van der Waals surface area contributed by atoms with E-state index in [2.05, 4.69) is 11.4 Å². The number of rotatable bonds is 8. The molecule has 0 atom stereocenters. The Morgan fingerprint density at radius 2 is 1.74 bits per heavy atom. The number of nitrogens with one attached hydrogen (secondary N) is 1. The van der Waals surface area contributed by atoms with Crippen molar-refractivity contribution in [3.8, 4) is 11.3 Å². The number of aryl methyl sites for hydroxylation is 1. The van der Waals surface area contributed by atoms with Gasteiger partial charge in [-0.15, -0.1) is 0 Å². The molecule has 0 spiro atoms. The van der Waals surface area contributed by atoms with Gasteiger partial charge in [-0.25, -0.2) is 23.1 Å². The van der Waals surface area contributed by atoms with Crippen LogP contribution in [0.2, 0.25) is 0 Å². The summed E-state index contributed by atoms with van der Waals surface area (Å²) in [6, 6.07) is 21.0. The first-order valence-electron chi connectivity index (χ1n) is 12.5. The summed E-state index contributed by atoms with van der Waals surface area (Å²) in [7, 11) is -3.40. The highest BCUT2D eigenvalue weighted by Gasteiger charge is 2.29. The molecule has 200 valence electrons. The highest BCUT2D eigenvalue weighted by atomic mass is 32.2. The second kappa shape index (κ2) is 10.6. The number of carbonyl (C=O) groups is 2. The van der Waals surface area contributed by atoms with Crippen LogP contribution in [0.25, 0.3) is 11.3 Å². The van der Waals surface area contributed by atoms with Crippen molar-refractivity contribution in [3.63, 3.8) is 0 Å². The normalized spacial score (nSPS) is 13.2. The number of hydrogen-bond acceptors (Lipinski definition) is 6. The van der Waals surface area contributed by atoms with E-state index in [4.69, 9.17) is 10.7 Å². The molecule has 0 unspecified atom stereocenters. The molecule has 8 nitrogen and oxygen atoms in total. The first kappa shape index (κ1) is 26.6. The lowest BCUT2D eigenvalue weighted by molar-refractivity contribution is 0.0955. The van der Waals surface area contributed by atoms with Gasteiger partial charge in [0, 0.05) is 18.4 Å². The molecule has 1 aromatic heterocycles. The lowest BCUT2D eigenvalue weighted by Gasteiger charge is -2.20. The quantitative estimate of drug-likeness (QED) is 0.293. The topological polar surface area (TPSA) is 122 Å². The third-order valence-corrected chi connectivity index (χ3v) is 8.78. The molecule has 1 aliphatic carbocycles. The van der Waals surface area contributed by atoms with Gasteiger partial charge >= 0.3 is 6.03 Å². The summed E-state index contributed by atoms with van der Waals surface area (Å²) in [4.78, 5) is 32.7. The van der Waals surface area contributed by atoms with E-state index in [9.17, 15) is 18.0 Å². The van der Waals surface area contributed by atoms with Crippen molar-refractivity contribution in [1.29, 1.82) is 0 Å². The van der Waals surface area contributed by atoms with Gasteiger partial charge in [-0.05, 0) is 60.6 Å². The van der Waals surface area contributed by atoms with Gasteiger partial charge in [-0.1, -0.05) is 65.9 Å². The van der Waals surface area contributed by atoms with Crippen molar-refractivity contribution in [2.24, 2.45) is 5.73 Å². The fourth-order valence-electron chi connectivity index (χ4n) is 4.33. The summed E-state index contributed by atoms with van der Waals surface area (Å²) < 4.78 is 24.0. The molecule has 0 aliphatic heterocycles. The number of nitrogens with two attached hydrogens (primary N) is 1. The van der Waals surface area contributed by atoms with E-state index in [1.165, 1.54) is 17.0 Å². The summed E-state index contributed by atoms with van der Waals surface area (Å²) >= 11 is 1.06. The van der Waals surface area contributed by atoms with Crippen molar-refractivity contribution in [1.82, 2.24) is 10.3 Å². The number of nitrogens with zero attached hydrogens (tertiary/aromatic N) is 2. The number of anilines is 2. The summed E-state index contributed by atoms with van der Waals surface area (Å²) in [6.07, 6.45) is 3.35. The van der Waals surface area contributed by atoms with Crippen LogP contribution in [0.3, 0.4) is 0 Å². The second-order valence-electron chi connectivity index (χ2n) is 9.63. The van der Waals surface area contributed by atoms with E-state index in [0.29, 0.717) is 29.4 Å². The molecule has 1 heterocycles. The molecule has 1 fully saturated rings. The van der Waals surface area contributed by atoms with Gasteiger partial charge in [0.25, 0.3) is 5.91 Å². The zero-order valence-corrected chi connectivity index (χ0v) is 23.2. The second-order valence-corrected chi connectivity index (χ2v) is 12.6. The SMILES string of the molecule is Cc1ccc(C2CC2)cc1N(C(N)=O)c1nc(-c2ccc(S(C)(=O)=O)cc2)c(C(=O)NCc2ccccc2)s1. The summed E-state index contributed by atoms with van der Waals surface area (Å²) in [5, 5.41) is 3.18. The van der Waals surface area contributed by atoms with E-state index in [1.807, 2.05) is 49.4 Å². The van der Waals surface area contributed by atoms with Gasteiger partial charge in [-0.3, -0.25) is 4.79 Å². The molecule has 39 heavy (non-hydrogen) atoms. The Morgan fingerprint density at radius 3 is 2.36 bits per heavy atom. The van der Waals surface area contributed by atoms with Crippen LogP contribution in [0, 0.1) is 6.92 Å². The number of benzene rings is 3. The Balaban J connectivity index is 1.57. The largest absolute Gasteiger partial charge is 0.351 e. The molecular formula is C29H28N4O4S2. The molecule has 4 aromatic rings. The van der Waals surface area contributed by atoms with Crippen LogP contribution < -0.4 is 16.0 Å². The van der Waals surface area contributed by atoms with E-state index in [0.717, 1.165) is 47.1 Å². The monoisotopic (exact) mass is 560 g/mol. The van der Waals surface area contributed by atoms with Gasteiger partial charge in [0.15, 0.2) is 15.0 Å². The molecule has 10 heteroatoms. The Hall–Kier alpha value is -4.02. The van der Waals surface area contributed by atoms with E-state index < -0.39 is 15.9 Å². The van der Waals surface area contributed by atoms with Crippen LogP contribution in [0.15, 0.2) is 77.7 Å². The van der Waals surface area contributed by atoms with Crippen LogP contribution in [0.1, 0.15) is 45.1 Å². The molecule has 0 bridgehead atoms. The number of hydrogen-bond donors (Lipinski definition) is 2. The van der Waals surface area contributed by atoms with Crippen molar-refractivity contribution in [2.75, 3.05) is 11.2 Å². The number of primary amides is 1. The highest BCUT2D eigenvalue weighted by Crippen LogP contribution is 2.43. The minimum atomic E-state index is -3.40. The maximum atomic E-state index is 13.4. The van der Waals surface area contributed by atoms with E-state index in [-0.39, 0.29) is 20.8 Å². The Morgan fingerprint density at radius 1 is 1.05 bits per heavy atom. The lowest BCUT2D eigenvalue weighted by Crippen LogP contribution is -2.32. The molecule has 3 amide bonds. The number of carbonyl (C=O) groups excluding carboxylic acids is 2. The van der Waals surface area contributed by atoms with Crippen LogP contribution in [0.4, 0.5) is 15.6 Å². The number of amides is 3. The number of aromatic nitrogens is 1. The molecule has 0 saturated heterocycles. The predicted molar refractivity (Wildman–Crippen MR) is 153 cm³/mol. The van der Waals surface area contributed by atoms with E-state index >= 15 is 0 Å². The van der Waals surface area contributed by atoms with Crippen molar-refractivity contribution >= 4 is 43.9 Å². The van der Waals surface area contributed by atoms with Crippen LogP contribution in [-0.2, 0) is 16.4 Å². The molecule has 3 N–H and O–H groups in total. The number of thiazole rings is 1. The summed E-state index contributed by atoms with van der Waals surface area (Å²) in [5.41, 5.74) is 10.3. The zero-order chi connectivity index (χ0) is 27.7. The minimum absolute atomic E-state index is 0.156. The Labute approximate surface area is 231 Å². The molecule has 1 aliphatic rings. The predicted octanol–water partition coefficient (Wildman–Crippen LogP) is 5.55. The third-order valence-electron chi connectivity index (χ3n) is 6.61. The van der Waals surface area contributed by atoms with Gasteiger partial charge < -0.3 is 11.1 Å². The number of urea groups is 1. The van der Waals surface area contributed by atoms with Crippen LogP contribution in [-0.4, -0.2) is 31.6 Å². The maximum absolute atomic E-state index is 13.4. The molecule has 3 aromatic carbocycles.